The van der Waals surface area contributed by atoms with E-state index < -0.39 is 30.1 Å². The van der Waals surface area contributed by atoms with E-state index in [0.717, 1.165) is 12.8 Å². The first-order valence-corrected chi connectivity index (χ1v) is 8.13. The number of halogens is 1. The molecule has 1 fully saturated rings. The van der Waals surface area contributed by atoms with Crippen molar-refractivity contribution in [2.24, 2.45) is 0 Å². The summed E-state index contributed by atoms with van der Waals surface area (Å²) in [4.78, 5) is 23.8. The summed E-state index contributed by atoms with van der Waals surface area (Å²) in [7, 11) is 0. The summed E-state index contributed by atoms with van der Waals surface area (Å²) in [6.07, 6.45) is 2.19. The Morgan fingerprint density at radius 2 is 1.96 bits per heavy atom. The first-order chi connectivity index (χ1) is 11.4. The molecule has 1 aliphatic carbocycles. The Bertz CT molecular complexity index is 633. The molecule has 6 nitrogen and oxygen atoms in total. The third-order valence-electron chi connectivity index (χ3n) is 3.85. The number of ether oxygens (including phenoxy) is 2. The maximum absolute atomic E-state index is 11.9. The molecule has 0 saturated heterocycles. The lowest BCUT2D eigenvalue weighted by atomic mass is 10.00. The van der Waals surface area contributed by atoms with Crippen LogP contribution in [0, 0.1) is 11.3 Å². The van der Waals surface area contributed by atoms with E-state index in [2.05, 4.69) is 11.4 Å². The SMILES string of the molecule is C[C@@H](Oc1ccc(Cl)cc1)C(=O)OCC(=O)NC1(C#N)CCCC1. The van der Waals surface area contributed by atoms with Crippen molar-refractivity contribution in [3.05, 3.63) is 29.3 Å². The molecule has 0 aliphatic heterocycles. The van der Waals surface area contributed by atoms with Crippen LogP contribution >= 0.6 is 11.6 Å². The number of hydrogen-bond donors (Lipinski definition) is 1. The molecule has 1 aromatic carbocycles. The standard InChI is InChI=1S/C17H19ClN2O4/c1-12(24-14-6-4-13(18)5-7-14)16(22)23-10-15(21)20-17(11-19)8-2-3-9-17/h4-7,12H,2-3,8-10H2,1H3,(H,20,21)/t12-/m1/s1. The van der Waals surface area contributed by atoms with E-state index in [1.165, 1.54) is 6.92 Å². The van der Waals surface area contributed by atoms with Gasteiger partial charge in [-0.05, 0) is 56.9 Å². The van der Waals surface area contributed by atoms with Crippen LogP contribution < -0.4 is 10.1 Å². The van der Waals surface area contributed by atoms with Crippen molar-refractivity contribution in [3.63, 3.8) is 0 Å². The van der Waals surface area contributed by atoms with Crippen LogP contribution in [0.3, 0.4) is 0 Å². The number of esters is 1. The van der Waals surface area contributed by atoms with Crippen molar-refractivity contribution < 1.29 is 19.1 Å². The van der Waals surface area contributed by atoms with Crippen molar-refractivity contribution >= 4 is 23.5 Å². The van der Waals surface area contributed by atoms with E-state index in [0.29, 0.717) is 23.6 Å². The molecule has 1 aromatic rings. The Morgan fingerprint density at radius 1 is 1.33 bits per heavy atom. The molecule has 1 amide bonds. The van der Waals surface area contributed by atoms with Crippen LogP contribution in [0.4, 0.5) is 0 Å². The van der Waals surface area contributed by atoms with Gasteiger partial charge in [0, 0.05) is 5.02 Å². The number of rotatable bonds is 6. The first kappa shape index (κ1) is 18.1. The number of carbonyl (C=O) groups is 2. The van der Waals surface area contributed by atoms with Crippen molar-refractivity contribution in [3.8, 4) is 11.8 Å². The Labute approximate surface area is 145 Å². The number of nitrogens with zero attached hydrogens (tertiary/aromatic N) is 1. The number of carbonyl (C=O) groups excluding carboxylic acids is 2. The van der Waals surface area contributed by atoms with Gasteiger partial charge in [0.1, 0.15) is 11.3 Å². The average molecular weight is 351 g/mol. The zero-order valence-electron chi connectivity index (χ0n) is 13.4. The van der Waals surface area contributed by atoms with Gasteiger partial charge in [0.15, 0.2) is 12.7 Å². The zero-order chi connectivity index (χ0) is 17.6. The van der Waals surface area contributed by atoms with Crippen LogP contribution in [0.2, 0.25) is 5.02 Å². The molecule has 128 valence electrons. The van der Waals surface area contributed by atoms with Crippen molar-refractivity contribution in [1.29, 1.82) is 5.26 Å². The van der Waals surface area contributed by atoms with E-state index in [1.807, 2.05) is 0 Å². The van der Waals surface area contributed by atoms with E-state index >= 15 is 0 Å². The predicted molar refractivity (Wildman–Crippen MR) is 87.5 cm³/mol. The van der Waals surface area contributed by atoms with Crippen LogP contribution in [0.1, 0.15) is 32.6 Å². The predicted octanol–water partition coefficient (Wildman–Crippen LogP) is 2.60. The van der Waals surface area contributed by atoms with E-state index in [9.17, 15) is 14.9 Å². The lowest BCUT2D eigenvalue weighted by Gasteiger charge is -2.22. The monoisotopic (exact) mass is 350 g/mol. The maximum atomic E-state index is 11.9. The van der Waals surface area contributed by atoms with Gasteiger partial charge >= 0.3 is 5.97 Å². The van der Waals surface area contributed by atoms with Crippen molar-refractivity contribution in [2.75, 3.05) is 6.61 Å². The Hall–Kier alpha value is -2.26. The topological polar surface area (TPSA) is 88.4 Å². The highest BCUT2D eigenvalue weighted by molar-refractivity contribution is 6.30. The van der Waals surface area contributed by atoms with Crippen LogP contribution in [-0.2, 0) is 14.3 Å². The fraction of sp³-hybridized carbons (Fsp3) is 0.471. The zero-order valence-corrected chi connectivity index (χ0v) is 14.1. The highest BCUT2D eigenvalue weighted by Crippen LogP contribution is 2.28. The minimum Gasteiger partial charge on any atom is -0.479 e. The summed E-state index contributed by atoms with van der Waals surface area (Å²) in [5.74, 6) is -0.661. The molecule has 1 N–H and O–H groups in total. The van der Waals surface area contributed by atoms with Gasteiger partial charge in [-0.2, -0.15) is 5.26 Å². The van der Waals surface area contributed by atoms with Gasteiger partial charge in [-0.3, -0.25) is 4.79 Å². The van der Waals surface area contributed by atoms with Crippen LogP contribution in [0.5, 0.6) is 5.75 Å². The van der Waals surface area contributed by atoms with Gasteiger partial charge in [0.25, 0.3) is 5.91 Å². The summed E-state index contributed by atoms with van der Waals surface area (Å²) in [5, 5.41) is 12.4. The van der Waals surface area contributed by atoms with Crippen molar-refractivity contribution in [2.45, 2.75) is 44.2 Å². The first-order valence-electron chi connectivity index (χ1n) is 7.75. The molecule has 0 radical (unpaired) electrons. The molecule has 1 aliphatic rings. The molecule has 24 heavy (non-hydrogen) atoms. The molecule has 1 saturated carbocycles. The number of nitriles is 1. The number of hydrogen-bond acceptors (Lipinski definition) is 5. The summed E-state index contributed by atoms with van der Waals surface area (Å²) in [5.41, 5.74) is -0.824. The van der Waals surface area contributed by atoms with Gasteiger partial charge in [-0.15, -0.1) is 0 Å². The summed E-state index contributed by atoms with van der Waals surface area (Å²) < 4.78 is 10.4. The second-order valence-electron chi connectivity index (χ2n) is 5.77. The molecule has 1 atom stereocenters. The molecule has 7 heteroatoms. The van der Waals surface area contributed by atoms with E-state index in [1.54, 1.807) is 24.3 Å². The minimum atomic E-state index is -0.865. The lowest BCUT2D eigenvalue weighted by molar-refractivity contribution is -0.155. The number of nitrogens with one attached hydrogen (secondary N) is 1. The van der Waals surface area contributed by atoms with Crippen LogP contribution in [0.25, 0.3) is 0 Å². The molecular weight excluding hydrogens is 332 g/mol. The third kappa shape index (κ3) is 4.87. The molecular formula is C17H19ClN2O4. The summed E-state index contributed by atoms with van der Waals surface area (Å²) >= 11 is 5.77. The Morgan fingerprint density at radius 3 is 2.54 bits per heavy atom. The number of amides is 1. The second kappa shape index (κ2) is 8.02. The van der Waals surface area contributed by atoms with E-state index in [4.69, 9.17) is 21.1 Å². The van der Waals surface area contributed by atoms with Gasteiger partial charge in [0.05, 0.1) is 6.07 Å². The molecule has 0 unspecified atom stereocenters. The average Bonchev–Trinajstić information content (AvgIpc) is 3.03. The highest BCUT2D eigenvalue weighted by atomic mass is 35.5. The molecule has 0 aromatic heterocycles. The van der Waals surface area contributed by atoms with Gasteiger partial charge in [0.2, 0.25) is 0 Å². The summed E-state index contributed by atoms with van der Waals surface area (Å²) in [6, 6.07) is 8.71. The van der Waals surface area contributed by atoms with Gasteiger partial charge in [-0.25, -0.2) is 4.79 Å². The molecule has 0 bridgehead atoms. The molecule has 0 spiro atoms. The normalized spacial score (nSPS) is 16.7. The Kier molecular flexibility index (Phi) is 6.04. The largest absolute Gasteiger partial charge is 0.479 e. The fourth-order valence-corrected chi connectivity index (χ4v) is 2.69. The molecule has 2 rings (SSSR count). The van der Waals surface area contributed by atoms with Gasteiger partial charge < -0.3 is 14.8 Å². The number of benzene rings is 1. The fourth-order valence-electron chi connectivity index (χ4n) is 2.57. The van der Waals surface area contributed by atoms with E-state index in [-0.39, 0.29) is 0 Å². The van der Waals surface area contributed by atoms with Gasteiger partial charge in [-0.1, -0.05) is 11.6 Å². The Balaban J connectivity index is 1.78. The quantitative estimate of drug-likeness (QED) is 0.796. The van der Waals surface area contributed by atoms with Crippen LogP contribution in [-0.4, -0.2) is 30.1 Å². The maximum Gasteiger partial charge on any atom is 0.347 e. The minimum absolute atomic E-state index is 0.434. The summed E-state index contributed by atoms with van der Waals surface area (Å²) in [6.45, 7) is 1.10. The third-order valence-corrected chi connectivity index (χ3v) is 4.11. The smallest absolute Gasteiger partial charge is 0.347 e. The second-order valence-corrected chi connectivity index (χ2v) is 6.21. The molecule has 0 heterocycles. The van der Waals surface area contributed by atoms with Crippen molar-refractivity contribution in [1.82, 2.24) is 5.32 Å². The lowest BCUT2D eigenvalue weighted by Crippen LogP contribution is -2.47. The highest BCUT2D eigenvalue weighted by Gasteiger charge is 2.35. The van der Waals surface area contributed by atoms with Crippen LogP contribution in [0.15, 0.2) is 24.3 Å².